The third-order valence-corrected chi connectivity index (χ3v) is 4.13. The normalized spacial score (nSPS) is 12.0. The van der Waals surface area contributed by atoms with Crippen LogP contribution in [-0.4, -0.2) is 13.2 Å². The Kier molecular flexibility index (Phi) is 6.12. The monoisotopic (exact) mass is 347 g/mol. The molecule has 21 heavy (non-hydrogen) atoms. The molecule has 112 valence electrons. The van der Waals surface area contributed by atoms with Gasteiger partial charge in [-0.25, -0.2) is 0 Å². The molecule has 2 aromatic rings. The maximum Gasteiger partial charge on any atom is 0.119 e. The van der Waals surface area contributed by atoms with Crippen LogP contribution in [0.5, 0.6) is 5.75 Å². The average molecular weight is 348 g/mol. The third kappa shape index (κ3) is 5.09. The van der Waals surface area contributed by atoms with Crippen LogP contribution in [0.4, 0.5) is 5.69 Å². The van der Waals surface area contributed by atoms with Gasteiger partial charge < -0.3 is 10.1 Å². The Morgan fingerprint density at radius 3 is 2.33 bits per heavy atom. The second-order valence-corrected chi connectivity index (χ2v) is 6.08. The average Bonchev–Trinajstić information content (AvgIpc) is 2.53. The van der Waals surface area contributed by atoms with Crippen LogP contribution in [0.25, 0.3) is 0 Å². The summed E-state index contributed by atoms with van der Waals surface area (Å²) in [6, 6.07) is 16.6. The fourth-order valence-electron chi connectivity index (χ4n) is 2.06. The summed E-state index contributed by atoms with van der Waals surface area (Å²) in [5, 5.41) is 3.34. The van der Waals surface area contributed by atoms with Crippen molar-refractivity contribution in [1.29, 1.82) is 0 Å². The lowest BCUT2D eigenvalue weighted by Gasteiger charge is -2.11. The summed E-state index contributed by atoms with van der Waals surface area (Å²) in [7, 11) is 0. The number of halogens is 1. The van der Waals surface area contributed by atoms with E-state index in [9.17, 15) is 0 Å². The van der Waals surface area contributed by atoms with Crippen LogP contribution >= 0.6 is 15.9 Å². The minimum Gasteiger partial charge on any atom is -0.492 e. The first kappa shape index (κ1) is 15.9. The number of hydrogen-bond donors (Lipinski definition) is 1. The zero-order valence-electron chi connectivity index (χ0n) is 12.6. The first-order valence-electron chi connectivity index (χ1n) is 7.41. The molecule has 1 unspecified atom stereocenters. The van der Waals surface area contributed by atoms with Gasteiger partial charge in [0.2, 0.25) is 0 Å². The molecule has 0 saturated heterocycles. The lowest BCUT2D eigenvalue weighted by molar-refractivity contribution is 0.332. The molecule has 0 bridgehead atoms. The van der Waals surface area contributed by atoms with Gasteiger partial charge in [-0.2, -0.15) is 0 Å². The van der Waals surface area contributed by atoms with Crippen LogP contribution in [-0.2, 0) is 0 Å². The molecule has 0 heterocycles. The van der Waals surface area contributed by atoms with E-state index in [1.165, 1.54) is 5.56 Å². The molecular weight excluding hydrogens is 326 g/mol. The second-order valence-electron chi connectivity index (χ2n) is 5.16. The molecule has 2 aromatic carbocycles. The number of anilines is 1. The van der Waals surface area contributed by atoms with Gasteiger partial charge in [-0.3, -0.25) is 0 Å². The molecule has 0 aliphatic rings. The highest BCUT2D eigenvalue weighted by Crippen LogP contribution is 2.21. The number of hydrogen-bond acceptors (Lipinski definition) is 2. The zero-order chi connectivity index (χ0) is 15.1. The fourth-order valence-corrected chi connectivity index (χ4v) is 2.32. The molecule has 0 saturated carbocycles. The molecule has 0 aliphatic heterocycles. The lowest BCUT2D eigenvalue weighted by Crippen LogP contribution is -2.11. The summed E-state index contributed by atoms with van der Waals surface area (Å²) in [5.41, 5.74) is 2.48. The van der Waals surface area contributed by atoms with Crippen LogP contribution in [0, 0.1) is 0 Å². The van der Waals surface area contributed by atoms with Crippen molar-refractivity contribution in [2.24, 2.45) is 0 Å². The number of nitrogens with one attached hydrogen (secondary N) is 1. The number of rotatable bonds is 7. The summed E-state index contributed by atoms with van der Waals surface area (Å²) in [6.07, 6.45) is 1.16. The Morgan fingerprint density at radius 2 is 1.71 bits per heavy atom. The van der Waals surface area contributed by atoms with Gasteiger partial charge in [-0.05, 0) is 54.3 Å². The smallest absolute Gasteiger partial charge is 0.119 e. The van der Waals surface area contributed by atoms with Crippen molar-refractivity contribution in [1.82, 2.24) is 0 Å². The summed E-state index contributed by atoms with van der Waals surface area (Å²) in [6.45, 7) is 5.90. The van der Waals surface area contributed by atoms with E-state index < -0.39 is 0 Å². The topological polar surface area (TPSA) is 21.3 Å². The van der Waals surface area contributed by atoms with E-state index in [2.05, 4.69) is 59.4 Å². The van der Waals surface area contributed by atoms with E-state index in [0.29, 0.717) is 12.5 Å². The Morgan fingerprint density at radius 1 is 1.05 bits per heavy atom. The molecular formula is C18H22BrNO. The van der Waals surface area contributed by atoms with E-state index in [0.717, 1.165) is 28.9 Å². The van der Waals surface area contributed by atoms with Crippen LogP contribution in [0.3, 0.4) is 0 Å². The van der Waals surface area contributed by atoms with E-state index in [-0.39, 0.29) is 0 Å². The van der Waals surface area contributed by atoms with E-state index in [4.69, 9.17) is 4.74 Å². The number of benzene rings is 2. The van der Waals surface area contributed by atoms with Gasteiger partial charge in [0.1, 0.15) is 12.4 Å². The first-order chi connectivity index (χ1) is 10.2. The molecule has 0 spiro atoms. The highest BCUT2D eigenvalue weighted by molar-refractivity contribution is 9.10. The largest absolute Gasteiger partial charge is 0.492 e. The summed E-state index contributed by atoms with van der Waals surface area (Å²) >= 11 is 3.43. The third-order valence-electron chi connectivity index (χ3n) is 3.61. The quantitative estimate of drug-likeness (QED) is 0.672. The van der Waals surface area contributed by atoms with Crippen molar-refractivity contribution in [3.8, 4) is 5.75 Å². The van der Waals surface area contributed by atoms with Crippen LogP contribution in [0.15, 0.2) is 53.0 Å². The molecule has 0 aromatic heterocycles. The minimum absolute atomic E-state index is 0.609. The second kappa shape index (κ2) is 8.08. The SMILES string of the molecule is CCC(C)c1ccc(OCCNc2ccc(Br)cc2)cc1. The molecule has 2 nitrogen and oxygen atoms in total. The van der Waals surface area contributed by atoms with Gasteiger partial charge in [0.05, 0.1) is 0 Å². The van der Waals surface area contributed by atoms with Crippen molar-refractivity contribution in [3.05, 3.63) is 58.6 Å². The van der Waals surface area contributed by atoms with Crippen molar-refractivity contribution in [2.75, 3.05) is 18.5 Å². The molecule has 0 radical (unpaired) electrons. The van der Waals surface area contributed by atoms with Crippen molar-refractivity contribution in [2.45, 2.75) is 26.2 Å². The van der Waals surface area contributed by atoms with E-state index >= 15 is 0 Å². The molecule has 3 heteroatoms. The van der Waals surface area contributed by atoms with Crippen molar-refractivity contribution < 1.29 is 4.74 Å². The summed E-state index contributed by atoms with van der Waals surface area (Å²) in [5.74, 6) is 1.54. The van der Waals surface area contributed by atoms with E-state index in [1.54, 1.807) is 0 Å². The molecule has 0 aliphatic carbocycles. The summed E-state index contributed by atoms with van der Waals surface area (Å²) in [4.78, 5) is 0. The van der Waals surface area contributed by atoms with Gasteiger partial charge in [0.15, 0.2) is 0 Å². The van der Waals surface area contributed by atoms with E-state index in [1.807, 2.05) is 24.3 Å². The maximum atomic E-state index is 5.75. The van der Waals surface area contributed by atoms with Gasteiger partial charge >= 0.3 is 0 Å². The van der Waals surface area contributed by atoms with Gasteiger partial charge in [-0.15, -0.1) is 0 Å². The standard InChI is InChI=1S/C18H22BrNO/c1-3-14(2)15-4-10-18(11-5-15)21-13-12-20-17-8-6-16(19)7-9-17/h4-11,14,20H,3,12-13H2,1-2H3. The maximum absolute atomic E-state index is 5.75. The fraction of sp³-hybridized carbons (Fsp3) is 0.333. The Bertz CT molecular complexity index is 536. The minimum atomic E-state index is 0.609. The Labute approximate surface area is 135 Å². The van der Waals surface area contributed by atoms with Crippen LogP contribution in [0.2, 0.25) is 0 Å². The van der Waals surface area contributed by atoms with Crippen molar-refractivity contribution in [3.63, 3.8) is 0 Å². The molecule has 0 fully saturated rings. The lowest BCUT2D eigenvalue weighted by atomic mass is 9.99. The molecule has 0 amide bonds. The zero-order valence-corrected chi connectivity index (χ0v) is 14.2. The Balaban J connectivity index is 1.74. The predicted octanol–water partition coefficient (Wildman–Crippen LogP) is 5.45. The van der Waals surface area contributed by atoms with Crippen LogP contribution in [0.1, 0.15) is 31.7 Å². The van der Waals surface area contributed by atoms with Crippen LogP contribution < -0.4 is 10.1 Å². The highest BCUT2D eigenvalue weighted by atomic mass is 79.9. The summed E-state index contributed by atoms with van der Waals surface area (Å²) < 4.78 is 6.84. The Hall–Kier alpha value is -1.48. The van der Waals surface area contributed by atoms with Gasteiger partial charge in [-0.1, -0.05) is 41.9 Å². The van der Waals surface area contributed by atoms with Crippen molar-refractivity contribution >= 4 is 21.6 Å². The molecule has 1 N–H and O–H groups in total. The molecule has 1 atom stereocenters. The van der Waals surface area contributed by atoms with Gasteiger partial charge in [0, 0.05) is 16.7 Å². The van der Waals surface area contributed by atoms with Gasteiger partial charge in [0.25, 0.3) is 0 Å². The predicted molar refractivity (Wildman–Crippen MR) is 93.3 cm³/mol. The highest BCUT2D eigenvalue weighted by Gasteiger charge is 2.02. The first-order valence-corrected chi connectivity index (χ1v) is 8.20. The number of ether oxygens (including phenoxy) is 1. The molecule has 2 rings (SSSR count).